The summed E-state index contributed by atoms with van der Waals surface area (Å²) in [5.74, 6) is 1.22. The smallest absolute Gasteiger partial charge is 0.232 e. The third kappa shape index (κ3) is 7.01. The molecule has 8 nitrogen and oxygen atoms in total. The molecule has 1 heterocycles. The Balaban J connectivity index is 1.98. The van der Waals surface area contributed by atoms with Crippen LogP contribution < -0.4 is 4.74 Å². The van der Waals surface area contributed by atoms with Gasteiger partial charge in [0.15, 0.2) is 6.23 Å². The standard InChI is InChI=1S/C20H32N2O6/c1-15-4-6-17(7-5-15)28-18-8-9-21-16(10-18)11-19(24)22(13-25-2)20(12-23)27-14-26-3/h8-10,15,17,20,23H,4-7,11-14H2,1-3H3/t15?,17?,20-/m1/s1. The van der Waals surface area contributed by atoms with E-state index in [-0.39, 0.29) is 38.6 Å². The number of carbonyl (C=O) groups excluding carboxylic acids is 1. The molecule has 1 aliphatic carbocycles. The van der Waals surface area contributed by atoms with Crippen molar-refractivity contribution in [3.05, 3.63) is 24.0 Å². The maximum absolute atomic E-state index is 12.7. The molecule has 2 rings (SSSR count). The normalized spacial score (nSPS) is 20.6. The molecule has 1 aromatic rings. The molecule has 28 heavy (non-hydrogen) atoms. The Labute approximate surface area is 166 Å². The van der Waals surface area contributed by atoms with Crippen molar-refractivity contribution in [2.45, 2.75) is 51.4 Å². The number of hydrogen-bond donors (Lipinski definition) is 1. The molecule has 1 saturated carbocycles. The van der Waals surface area contributed by atoms with Crippen LogP contribution in [0.25, 0.3) is 0 Å². The fourth-order valence-corrected chi connectivity index (χ4v) is 3.26. The molecule has 1 aromatic heterocycles. The van der Waals surface area contributed by atoms with Gasteiger partial charge in [0.25, 0.3) is 0 Å². The van der Waals surface area contributed by atoms with Gasteiger partial charge < -0.3 is 24.1 Å². The Morgan fingerprint density at radius 1 is 1.29 bits per heavy atom. The van der Waals surface area contributed by atoms with E-state index in [0.29, 0.717) is 5.69 Å². The van der Waals surface area contributed by atoms with E-state index in [0.717, 1.165) is 24.5 Å². The van der Waals surface area contributed by atoms with Crippen LogP contribution in [0.1, 0.15) is 38.3 Å². The zero-order valence-corrected chi connectivity index (χ0v) is 17.0. The van der Waals surface area contributed by atoms with Crippen molar-refractivity contribution in [1.29, 1.82) is 0 Å². The van der Waals surface area contributed by atoms with E-state index in [1.807, 2.05) is 6.07 Å². The van der Waals surface area contributed by atoms with Crippen molar-refractivity contribution in [2.75, 3.05) is 34.4 Å². The average Bonchev–Trinajstić information content (AvgIpc) is 2.69. The maximum Gasteiger partial charge on any atom is 0.232 e. The lowest BCUT2D eigenvalue weighted by Crippen LogP contribution is -2.46. The molecule has 1 aliphatic rings. The van der Waals surface area contributed by atoms with Gasteiger partial charge in [0.05, 0.1) is 24.8 Å². The highest BCUT2D eigenvalue weighted by Crippen LogP contribution is 2.27. The Kier molecular flexibility index (Phi) is 9.63. The Bertz CT molecular complexity index is 592. The second kappa shape index (κ2) is 12.0. The summed E-state index contributed by atoms with van der Waals surface area (Å²) in [6.07, 6.45) is 5.52. The summed E-state index contributed by atoms with van der Waals surface area (Å²) in [4.78, 5) is 18.3. The third-order valence-corrected chi connectivity index (χ3v) is 4.86. The van der Waals surface area contributed by atoms with Crippen molar-refractivity contribution >= 4 is 5.91 Å². The van der Waals surface area contributed by atoms with Gasteiger partial charge in [0, 0.05) is 26.5 Å². The molecule has 158 valence electrons. The monoisotopic (exact) mass is 396 g/mol. The fraction of sp³-hybridized carbons (Fsp3) is 0.700. The van der Waals surface area contributed by atoms with Gasteiger partial charge in [-0.25, -0.2) is 0 Å². The summed E-state index contributed by atoms with van der Waals surface area (Å²) < 4.78 is 21.4. The fourth-order valence-electron chi connectivity index (χ4n) is 3.26. The van der Waals surface area contributed by atoms with Gasteiger partial charge in [0.2, 0.25) is 5.91 Å². The minimum atomic E-state index is -0.851. The number of methoxy groups -OCH3 is 2. The quantitative estimate of drug-likeness (QED) is 0.572. The average molecular weight is 396 g/mol. The van der Waals surface area contributed by atoms with Crippen LogP contribution in [0, 0.1) is 5.92 Å². The molecule has 1 fully saturated rings. The lowest BCUT2D eigenvalue weighted by atomic mass is 9.89. The highest BCUT2D eigenvalue weighted by Gasteiger charge is 2.25. The number of nitrogens with zero attached hydrogens (tertiary/aromatic N) is 2. The molecule has 0 aromatic carbocycles. The van der Waals surface area contributed by atoms with Crippen LogP contribution in [-0.4, -0.2) is 67.6 Å². The Morgan fingerprint density at radius 2 is 2.04 bits per heavy atom. The first-order chi connectivity index (χ1) is 13.6. The number of aromatic nitrogens is 1. The van der Waals surface area contributed by atoms with Gasteiger partial charge in [-0.3, -0.25) is 14.7 Å². The van der Waals surface area contributed by atoms with Crippen LogP contribution in [0.3, 0.4) is 0 Å². The first kappa shape index (κ1) is 22.5. The highest BCUT2D eigenvalue weighted by molar-refractivity contribution is 5.78. The van der Waals surface area contributed by atoms with E-state index in [2.05, 4.69) is 11.9 Å². The SMILES string of the molecule is COCO[C@H](CO)N(COC)C(=O)Cc1cc(OC2CCC(C)CC2)ccn1. The molecule has 1 amide bonds. The molecule has 0 saturated heterocycles. The molecular formula is C20H32N2O6. The second-order valence-corrected chi connectivity index (χ2v) is 7.15. The van der Waals surface area contributed by atoms with Gasteiger partial charge in [-0.15, -0.1) is 0 Å². The van der Waals surface area contributed by atoms with Crippen LogP contribution in [0.4, 0.5) is 0 Å². The first-order valence-corrected chi connectivity index (χ1v) is 9.68. The number of hydrogen-bond acceptors (Lipinski definition) is 7. The van der Waals surface area contributed by atoms with Crippen molar-refractivity contribution in [3.63, 3.8) is 0 Å². The second-order valence-electron chi connectivity index (χ2n) is 7.15. The van der Waals surface area contributed by atoms with Gasteiger partial charge >= 0.3 is 0 Å². The van der Waals surface area contributed by atoms with Gasteiger partial charge in [0.1, 0.15) is 19.3 Å². The highest BCUT2D eigenvalue weighted by atomic mass is 16.7. The van der Waals surface area contributed by atoms with E-state index in [9.17, 15) is 9.90 Å². The third-order valence-electron chi connectivity index (χ3n) is 4.86. The number of aliphatic hydroxyl groups is 1. The van der Waals surface area contributed by atoms with E-state index in [1.54, 1.807) is 12.3 Å². The molecule has 8 heteroatoms. The molecule has 0 radical (unpaired) electrons. The molecule has 0 unspecified atom stereocenters. The zero-order chi connectivity index (χ0) is 20.4. The molecule has 0 bridgehead atoms. The van der Waals surface area contributed by atoms with Crippen molar-refractivity contribution in [3.8, 4) is 5.75 Å². The summed E-state index contributed by atoms with van der Waals surface area (Å²) in [5.41, 5.74) is 0.594. The lowest BCUT2D eigenvalue weighted by Gasteiger charge is -2.29. The number of ether oxygens (including phenoxy) is 4. The molecular weight excluding hydrogens is 364 g/mol. The van der Waals surface area contributed by atoms with Crippen molar-refractivity contribution in [1.82, 2.24) is 9.88 Å². The first-order valence-electron chi connectivity index (χ1n) is 9.68. The number of pyridine rings is 1. The van der Waals surface area contributed by atoms with E-state index in [4.69, 9.17) is 18.9 Å². The topological polar surface area (TPSA) is 90.3 Å². The maximum atomic E-state index is 12.7. The van der Waals surface area contributed by atoms with Crippen LogP contribution >= 0.6 is 0 Å². The Morgan fingerprint density at radius 3 is 2.68 bits per heavy atom. The predicted octanol–water partition coefficient (Wildman–Crippen LogP) is 1.95. The van der Waals surface area contributed by atoms with Gasteiger partial charge in [-0.2, -0.15) is 0 Å². The lowest BCUT2D eigenvalue weighted by molar-refractivity contribution is -0.180. The summed E-state index contributed by atoms with van der Waals surface area (Å²) in [6, 6.07) is 3.61. The largest absolute Gasteiger partial charge is 0.490 e. The predicted molar refractivity (Wildman–Crippen MR) is 103 cm³/mol. The van der Waals surface area contributed by atoms with Crippen molar-refractivity contribution in [2.24, 2.45) is 5.92 Å². The summed E-state index contributed by atoms with van der Waals surface area (Å²) >= 11 is 0. The molecule has 1 N–H and O–H groups in total. The van der Waals surface area contributed by atoms with Crippen LogP contribution in [-0.2, 0) is 25.4 Å². The van der Waals surface area contributed by atoms with Crippen LogP contribution in [0.2, 0.25) is 0 Å². The molecule has 0 aliphatic heterocycles. The molecule has 1 atom stereocenters. The van der Waals surface area contributed by atoms with Gasteiger partial charge in [-0.05, 0) is 37.7 Å². The van der Waals surface area contributed by atoms with Crippen LogP contribution in [0.5, 0.6) is 5.75 Å². The zero-order valence-electron chi connectivity index (χ0n) is 17.0. The van der Waals surface area contributed by atoms with E-state index < -0.39 is 6.23 Å². The minimum Gasteiger partial charge on any atom is -0.490 e. The summed E-state index contributed by atoms with van der Waals surface area (Å²) in [5, 5.41) is 9.54. The van der Waals surface area contributed by atoms with Gasteiger partial charge in [-0.1, -0.05) is 6.92 Å². The van der Waals surface area contributed by atoms with E-state index in [1.165, 1.54) is 32.0 Å². The molecule has 0 spiro atoms. The summed E-state index contributed by atoms with van der Waals surface area (Å²) in [6.45, 7) is 1.85. The number of aliphatic hydroxyl groups excluding tert-OH is 1. The summed E-state index contributed by atoms with van der Waals surface area (Å²) in [7, 11) is 2.95. The number of rotatable bonds is 11. The van der Waals surface area contributed by atoms with Crippen molar-refractivity contribution < 1.29 is 28.8 Å². The number of carbonyl (C=O) groups is 1. The Hall–Kier alpha value is -1.74. The minimum absolute atomic E-state index is 0.00970. The number of amides is 1. The van der Waals surface area contributed by atoms with Crippen LogP contribution in [0.15, 0.2) is 18.3 Å². The van der Waals surface area contributed by atoms with E-state index >= 15 is 0 Å².